The molecule has 142 valence electrons. The Morgan fingerprint density at radius 3 is 1.93 bits per heavy atom. The lowest BCUT2D eigenvalue weighted by molar-refractivity contribution is -0.136. The van der Waals surface area contributed by atoms with Gasteiger partial charge in [0.1, 0.15) is 11.5 Å². The van der Waals surface area contributed by atoms with E-state index in [1.54, 1.807) is 48.5 Å². The molecule has 0 bridgehead atoms. The molecule has 0 radical (unpaired) electrons. The van der Waals surface area contributed by atoms with Crippen molar-refractivity contribution in [2.45, 2.75) is 19.8 Å². The molecule has 0 fully saturated rings. The Bertz CT molecular complexity index is 927. The average molecular weight is 374 g/mol. The highest BCUT2D eigenvalue weighted by Gasteiger charge is 2.10. The number of benzene rings is 3. The van der Waals surface area contributed by atoms with Gasteiger partial charge in [0.05, 0.1) is 0 Å². The summed E-state index contributed by atoms with van der Waals surface area (Å²) in [5, 5.41) is 0. The van der Waals surface area contributed by atoms with Crippen LogP contribution in [-0.2, 0) is 4.79 Å². The maximum atomic E-state index is 12.4. The molecule has 0 aliphatic heterocycles. The lowest BCUT2D eigenvalue weighted by Gasteiger charge is -2.09. The molecule has 3 aromatic carbocycles. The van der Waals surface area contributed by atoms with Crippen LogP contribution in [0, 0.1) is 0 Å². The highest BCUT2D eigenvalue weighted by Crippen LogP contribution is 2.19. The number of hydrogen-bond donors (Lipinski definition) is 0. The molecule has 0 aromatic heterocycles. The minimum Gasteiger partial charge on any atom is -0.482 e. The molecular weight excluding hydrogens is 352 g/mol. The van der Waals surface area contributed by atoms with Gasteiger partial charge in [0, 0.05) is 11.1 Å². The molecule has 28 heavy (non-hydrogen) atoms. The second-order valence-electron chi connectivity index (χ2n) is 6.71. The number of esters is 1. The van der Waals surface area contributed by atoms with Crippen molar-refractivity contribution >= 4 is 11.8 Å². The van der Waals surface area contributed by atoms with Crippen molar-refractivity contribution in [3.8, 4) is 11.5 Å². The van der Waals surface area contributed by atoms with Crippen LogP contribution in [0.3, 0.4) is 0 Å². The van der Waals surface area contributed by atoms with Crippen LogP contribution in [0.15, 0.2) is 78.9 Å². The van der Waals surface area contributed by atoms with Crippen molar-refractivity contribution in [3.05, 3.63) is 95.6 Å². The standard InChI is InChI=1S/C24H22O4/c1-17(2)18-8-14-22(15-9-18)28-23(25)16-27-21-12-10-20(11-13-21)24(26)19-6-4-3-5-7-19/h3-15,17H,16H2,1-2H3. The summed E-state index contributed by atoms with van der Waals surface area (Å²) in [5.41, 5.74) is 2.37. The number of ether oxygens (including phenoxy) is 2. The van der Waals surface area contributed by atoms with E-state index in [9.17, 15) is 9.59 Å². The summed E-state index contributed by atoms with van der Waals surface area (Å²) >= 11 is 0. The summed E-state index contributed by atoms with van der Waals surface area (Å²) in [5.74, 6) is 0.862. The van der Waals surface area contributed by atoms with Gasteiger partial charge >= 0.3 is 5.97 Å². The van der Waals surface area contributed by atoms with E-state index in [-0.39, 0.29) is 12.4 Å². The molecule has 0 saturated heterocycles. The van der Waals surface area contributed by atoms with Crippen LogP contribution in [-0.4, -0.2) is 18.4 Å². The second-order valence-corrected chi connectivity index (χ2v) is 6.71. The molecule has 3 aromatic rings. The third-order valence-electron chi connectivity index (χ3n) is 4.29. The van der Waals surface area contributed by atoms with Gasteiger partial charge in [-0.1, -0.05) is 56.3 Å². The monoisotopic (exact) mass is 374 g/mol. The van der Waals surface area contributed by atoms with Crippen molar-refractivity contribution in [2.75, 3.05) is 6.61 Å². The van der Waals surface area contributed by atoms with Crippen molar-refractivity contribution in [1.82, 2.24) is 0 Å². The lowest BCUT2D eigenvalue weighted by atomic mass is 10.0. The van der Waals surface area contributed by atoms with E-state index < -0.39 is 5.97 Å². The zero-order chi connectivity index (χ0) is 19.9. The quantitative estimate of drug-likeness (QED) is 0.331. The normalized spacial score (nSPS) is 10.5. The summed E-state index contributed by atoms with van der Waals surface area (Å²) in [6.45, 7) is 4.00. The Morgan fingerprint density at radius 1 is 0.750 bits per heavy atom. The summed E-state index contributed by atoms with van der Waals surface area (Å²) in [6, 6.07) is 23.2. The highest BCUT2D eigenvalue weighted by atomic mass is 16.6. The van der Waals surface area contributed by atoms with Crippen molar-refractivity contribution in [1.29, 1.82) is 0 Å². The van der Waals surface area contributed by atoms with Gasteiger partial charge in [0.15, 0.2) is 12.4 Å². The molecule has 0 atom stereocenters. The number of carbonyl (C=O) groups excluding carboxylic acids is 2. The van der Waals surface area contributed by atoms with Crippen LogP contribution >= 0.6 is 0 Å². The maximum absolute atomic E-state index is 12.4. The van der Waals surface area contributed by atoms with Gasteiger partial charge in [0.25, 0.3) is 0 Å². The minimum absolute atomic E-state index is 0.0589. The molecule has 0 heterocycles. The molecule has 0 spiro atoms. The Morgan fingerprint density at radius 2 is 1.32 bits per heavy atom. The number of hydrogen-bond acceptors (Lipinski definition) is 4. The highest BCUT2D eigenvalue weighted by molar-refractivity contribution is 6.08. The zero-order valence-corrected chi connectivity index (χ0v) is 15.9. The third-order valence-corrected chi connectivity index (χ3v) is 4.29. The van der Waals surface area contributed by atoms with E-state index in [1.165, 1.54) is 5.56 Å². The summed E-state index contributed by atoms with van der Waals surface area (Å²) in [7, 11) is 0. The summed E-state index contributed by atoms with van der Waals surface area (Å²) in [6.07, 6.45) is 0. The van der Waals surface area contributed by atoms with E-state index in [0.29, 0.717) is 28.5 Å². The lowest BCUT2D eigenvalue weighted by Crippen LogP contribution is -2.17. The molecule has 0 amide bonds. The van der Waals surface area contributed by atoms with Gasteiger partial charge in [-0.05, 0) is 47.9 Å². The smallest absolute Gasteiger partial charge is 0.349 e. The Kier molecular flexibility index (Phi) is 6.22. The molecule has 0 N–H and O–H groups in total. The van der Waals surface area contributed by atoms with Crippen LogP contribution < -0.4 is 9.47 Å². The number of rotatable bonds is 7. The third kappa shape index (κ3) is 5.07. The van der Waals surface area contributed by atoms with E-state index in [2.05, 4.69) is 13.8 Å². The molecule has 4 heteroatoms. The summed E-state index contributed by atoms with van der Waals surface area (Å²) in [4.78, 5) is 24.3. The average Bonchev–Trinajstić information content (AvgIpc) is 2.73. The predicted octanol–water partition coefficient (Wildman–Crippen LogP) is 5.03. The van der Waals surface area contributed by atoms with Crippen molar-refractivity contribution < 1.29 is 19.1 Å². The van der Waals surface area contributed by atoms with Gasteiger partial charge in [-0.2, -0.15) is 0 Å². The molecular formula is C24H22O4. The largest absolute Gasteiger partial charge is 0.482 e. The molecule has 3 rings (SSSR count). The first-order chi connectivity index (χ1) is 13.5. The topological polar surface area (TPSA) is 52.6 Å². The number of carbonyl (C=O) groups is 2. The molecule has 0 aliphatic carbocycles. The molecule has 0 unspecified atom stereocenters. The first kappa shape index (κ1) is 19.4. The zero-order valence-electron chi connectivity index (χ0n) is 15.9. The first-order valence-corrected chi connectivity index (χ1v) is 9.16. The van der Waals surface area contributed by atoms with E-state index in [1.807, 2.05) is 30.3 Å². The van der Waals surface area contributed by atoms with E-state index in [0.717, 1.165) is 0 Å². The molecule has 0 saturated carbocycles. The van der Waals surface area contributed by atoms with E-state index >= 15 is 0 Å². The first-order valence-electron chi connectivity index (χ1n) is 9.16. The SMILES string of the molecule is CC(C)c1ccc(OC(=O)COc2ccc(C(=O)c3ccccc3)cc2)cc1. The van der Waals surface area contributed by atoms with Crippen LogP contribution in [0.5, 0.6) is 11.5 Å². The Hall–Kier alpha value is -3.40. The van der Waals surface area contributed by atoms with Gasteiger partial charge < -0.3 is 9.47 Å². The fourth-order valence-electron chi connectivity index (χ4n) is 2.68. The van der Waals surface area contributed by atoms with Crippen LogP contribution in [0.4, 0.5) is 0 Å². The van der Waals surface area contributed by atoms with Crippen LogP contribution in [0.1, 0.15) is 41.3 Å². The van der Waals surface area contributed by atoms with E-state index in [4.69, 9.17) is 9.47 Å². The fourth-order valence-corrected chi connectivity index (χ4v) is 2.68. The Labute approximate surface area is 164 Å². The van der Waals surface area contributed by atoms with Crippen molar-refractivity contribution in [3.63, 3.8) is 0 Å². The summed E-state index contributed by atoms with van der Waals surface area (Å²) < 4.78 is 10.7. The van der Waals surface area contributed by atoms with Gasteiger partial charge in [-0.15, -0.1) is 0 Å². The minimum atomic E-state index is -0.485. The molecule has 4 nitrogen and oxygen atoms in total. The Balaban J connectivity index is 1.53. The maximum Gasteiger partial charge on any atom is 0.349 e. The van der Waals surface area contributed by atoms with Gasteiger partial charge in [-0.3, -0.25) is 4.79 Å². The van der Waals surface area contributed by atoms with Gasteiger partial charge in [0.2, 0.25) is 0 Å². The van der Waals surface area contributed by atoms with Gasteiger partial charge in [-0.25, -0.2) is 4.79 Å². The number of ketones is 1. The van der Waals surface area contributed by atoms with Crippen LogP contribution in [0.2, 0.25) is 0 Å². The molecule has 0 aliphatic rings. The fraction of sp³-hybridized carbons (Fsp3) is 0.167. The second kappa shape index (κ2) is 9.00. The predicted molar refractivity (Wildman–Crippen MR) is 108 cm³/mol. The van der Waals surface area contributed by atoms with Crippen LogP contribution in [0.25, 0.3) is 0 Å². The van der Waals surface area contributed by atoms with Crippen molar-refractivity contribution in [2.24, 2.45) is 0 Å².